The molecule has 0 aromatic heterocycles. The van der Waals surface area contributed by atoms with E-state index in [0.29, 0.717) is 12.7 Å². The number of carbonyl (C=O) groups excluding carboxylic acids is 2. The number of benzene rings is 1. The average Bonchev–Trinajstić information content (AvgIpc) is 2.84. The first kappa shape index (κ1) is 30.9. The van der Waals surface area contributed by atoms with Gasteiger partial charge in [0.05, 0.1) is 6.61 Å². The van der Waals surface area contributed by atoms with Crippen molar-refractivity contribution in [2.24, 2.45) is 0 Å². The summed E-state index contributed by atoms with van der Waals surface area (Å²) in [6.45, 7) is 1.85. The van der Waals surface area contributed by atoms with Crippen molar-refractivity contribution in [3.8, 4) is 0 Å². The second-order valence-corrected chi connectivity index (χ2v) is 8.94. The monoisotopic (exact) mass is 504 g/mol. The molecule has 0 saturated heterocycles. The van der Waals surface area contributed by atoms with E-state index in [4.69, 9.17) is 9.47 Å². The van der Waals surface area contributed by atoms with E-state index in [1.165, 1.54) is 64.2 Å². The summed E-state index contributed by atoms with van der Waals surface area (Å²) in [4.78, 5) is 23.4. The van der Waals surface area contributed by atoms with Gasteiger partial charge in [-0.2, -0.15) is 0 Å². The second kappa shape index (κ2) is 19.1. The highest BCUT2D eigenvalue weighted by molar-refractivity contribution is 5.72. The molecule has 0 spiro atoms. The van der Waals surface area contributed by atoms with Gasteiger partial charge in [0, 0.05) is 18.4 Å². The number of unbranched alkanes of at least 4 members (excludes halogenated alkanes) is 12. The molecule has 0 unspecified atom stereocenters. The van der Waals surface area contributed by atoms with E-state index >= 15 is 0 Å². The molecule has 1 aromatic rings. The Bertz CT molecular complexity index is 755. The second-order valence-electron chi connectivity index (χ2n) is 8.94. The molecule has 35 heavy (non-hydrogen) atoms. The van der Waals surface area contributed by atoms with Crippen molar-refractivity contribution in [3.05, 3.63) is 34.9 Å². The molecule has 1 rings (SSSR count). The van der Waals surface area contributed by atoms with Gasteiger partial charge in [-0.05, 0) is 18.9 Å². The summed E-state index contributed by atoms with van der Waals surface area (Å²) in [7, 11) is 0. The zero-order chi connectivity index (χ0) is 25.9. The molecule has 0 aliphatic carbocycles. The summed E-state index contributed by atoms with van der Waals surface area (Å²) >= 11 is 0. The molecule has 0 bridgehead atoms. The highest BCUT2D eigenvalue weighted by Gasteiger charge is 2.19. The third-order valence-corrected chi connectivity index (χ3v) is 5.84. The van der Waals surface area contributed by atoms with Crippen LogP contribution in [0.4, 0.5) is 17.6 Å². The summed E-state index contributed by atoms with van der Waals surface area (Å²) in [5, 5.41) is 0. The van der Waals surface area contributed by atoms with Crippen molar-refractivity contribution in [1.29, 1.82) is 0 Å². The first-order valence-electron chi connectivity index (χ1n) is 13.0. The molecule has 0 saturated carbocycles. The van der Waals surface area contributed by atoms with Crippen LogP contribution in [0.1, 0.15) is 115 Å². The number of hydrogen-bond donors (Lipinski definition) is 0. The fourth-order valence-corrected chi connectivity index (χ4v) is 3.71. The SMILES string of the molecule is CCCCCCCCCCCCCCCOC(=O)CCCC(=O)OCc1cc(F)c(F)c(F)c1F. The lowest BCUT2D eigenvalue weighted by Gasteiger charge is -2.08. The Kier molecular flexibility index (Phi) is 16.9. The van der Waals surface area contributed by atoms with Gasteiger partial charge in [-0.25, -0.2) is 17.6 Å². The predicted molar refractivity (Wildman–Crippen MR) is 127 cm³/mol. The van der Waals surface area contributed by atoms with Gasteiger partial charge in [0.2, 0.25) is 0 Å². The normalized spacial score (nSPS) is 11.0. The van der Waals surface area contributed by atoms with Crippen LogP contribution in [0, 0.1) is 23.3 Å². The van der Waals surface area contributed by atoms with Gasteiger partial charge >= 0.3 is 11.9 Å². The maximum Gasteiger partial charge on any atom is 0.306 e. The standard InChI is InChI=1S/C27H40F4O4/c1-2-3-4-5-6-7-8-9-10-11-12-13-14-18-34-23(32)16-15-17-24(33)35-20-21-19-22(28)26(30)27(31)25(21)29/h19H,2-18,20H2,1H3. The van der Waals surface area contributed by atoms with Crippen molar-refractivity contribution < 1.29 is 36.6 Å². The zero-order valence-electron chi connectivity index (χ0n) is 21.0. The van der Waals surface area contributed by atoms with Crippen molar-refractivity contribution in [1.82, 2.24) is 0 Å². The molecule has 200 valence electrons. The van der Waals surface area contributed by atoms with Gasteiger partial charge in [-0.1, -0.05) is 84.0 Å². The third kappa shape index (κ3) is 14.1. The quantitative estimate of drug-likeness (QED) is 0.0592. The predicted octanol–water partition coefficient (Wildman–Crippen LogP) is 8.09. The summed E-state index contributed by atoms with van der Waals surface area (Å²) < 4.78 is 62.7. The van der Waals surface area contributed by atoms with Crippen LogP contribution >= 0.6 is 0 Å². The number of halogens is 4. The highest BCUT2D eigenvalue weighted by atomic mass is 19.2. The summed E-state index contributed by atoms with van der Waals surface area (Å²) in [6.07, 6.45) is 16.1. The van der Waals surface area contributed by atoms with Crippen molar-refractivity contribution in [2.75, 3.05) is 6.61 Å². The Morgan fingerprint density at radius 1 is 0.629 bits per heavy atom. The lowest BCUT2D eigenvalue weighted by atomic mass is 10.0. The molecule has 4 nitrogen and oxygen atoms in total. The van der Waals surface area contributed by atoms with Gasteiger partial charge in [-0.3, -0.25) is 9.59 Å². The maximum absolute atomic E-state index is 13.5. The molecule has 1 aromatic carbocycles. The zero-order valence-corrected chi connectivity index (χ0v) is 21.0. The third-order valence-electron chi connectivity index (χ3n) is 5.84. The number of carbonyl (C=O) groups is 2. The Labute approximate surface area is 206 Å². The molecule has 0 amide bonds. The van der Waals surface area contributed by atoms with Crippen LogP contribution in [0.25, 0.3) is 0 Å². The number of esters is 2. The van der Waals surface area contributed by atoms with Gasteiger partial charge in [0.15, 0.2) is 23.3 Å². The fourth-order valence-electron chi connectivity index (χ4n) is 3.71. The molecule has 8 heteroatoms. The molecule has 0 aliphatic heterocycles. The van der Waals surface area contributed by atoms with Crippen LogP contribution in [-0.2, 0) is 25.7 Å². The maximum atomic E-state index is 13.5. The van der Waals surface area contributed by atoms with Crippen LogP contribution < -0.4 is 0 Å². The Balaban J connectivity index is 1.97. The van der Waals surface area contributed by atoms with Gasteiger partial charge in [0.1, 0.15) is 6.61 Å². The van der Waals surface area contributed by atoms with Gasteiger partial charge < -0.3 is 9.47 Å². The molecular weight excluding hydrogens is 464 g/mol. The minimum Gasteiger partial charge on any atom is -0.466 e. The Morgan fingerprint density at radius 3 is 1.66 bits per heavy atom. The van der Waals surface area contributed by atoms with Gasteiger partial charge in [0.25, 0.3) is 0 Å². The lowest BCUT2D eigenvalue weighted by molar-refractivity contribution is -0.146. The van der Waals surface area contributed by atoms with E-state index in [9.17, 15) is 27.2 Å². The molecule has 0 heterocycles. The van der Waals surface area contributed by atoms with E-state index in [2.05, 4.69) is 6.92 Å². The van der Waals surface area contributed by atoms with Crippen molar-refractivity contribution >= 4 is 11.9 Å². The minimum atomic E-state index is -1.96. The van der Waals surface area contributed by atoms with Crippen LogP contribution in [0.15, 0.2) is 6.07 Å². The van der Waals surface area contributed by atoms with Crippen LogP contribution in [-0.4, -0.2) is 18.5 Å². The smallest absolute Gasteiger partial charge is 0.306 e. The molecule has 0 fully saturated rings. The first-order chi connectivity index (χ1) is 16.9. The fraction of sp³-hybridized carbons (Fsp3) is 0.704. The lowest BCUT2D eigenvalue weighted by Crippen LogP contribution is -2.10. The summed E-state index contributed by atoms with van der Waals surface area (Å²) in [6, 6.07) is 0.439. The molecule has 0 radical (unpaired) electrons. The first-order valence-corrected chi connectivity index (χ1v) is 13.0. The number of rotatable bonds is 20. The van der Waals surface area contributed by atoms with Crippen LogP contribution in [0.2, 0.25) is 0 Å². The summed E-state index contributed by atoms with van der Waals surface area (Å²) in [5.41, 5.74) is -0.605. The van der Waals surface area contributed by atoms with E-state index in [0.717, 1.165) is 19.3 Å². The topological polar surface area (TPSA) is 52.6 Å². The number of hydrogen-bond acceptors (Lipinski definition) is 4. The largest absolute Gasteiger partial charge is 0.466 e. The Morgan fingerprint density at radius 2 is 1.11 bits per heavy atom. The average molecular weight is 505 g/mol. The molecular formula is C27H40F4O4. The number of ether oxygens (including phenoxy) is 2. The Hall–Kier alpha value is -2.12. The van der Waals surface area contributed by atoms with Crippen LogP contribution in [0.5, 0.6) is 0 Å². The van der Waals surface area contributed by atoms with Crippen molar-refractivity contribution in [3.63, 3.8) is 0 Å². The minimum absolute atomic E-state index is 0.0295. The van der Waals surface area contributed by atoms with Gasteiger partial charge in [-0.15, -0.1) is 0 Å². The summed E-state index contributed by atoms with van der Waals surface area (Å²) in [5.74, 6) is -8.23. The van der Waals surface area contributed by atoms with E-state index < -0.39 is 47.4 Å². The van der Waals surface area contributed by atoms with E-state index in [1.54, 1.807) is 0 Å². The van der Waals surface area contributed by atoms with E-state index in [1.807, 2.05) is 0 Å². The molecule has 0 N–H and O–H groups in total. The molecule has 0 aliphatic rings. The van der Waals surface area contributed by atoms with Crippen LogP contribution in [0.3, 0.4) is 0 Å². The molecule has 0 atom stereocenters. The van der Waals surface area contributed by atoms with Crippen molar-refractivity contribution in [2.45, 2.75) is 116 Å². The highest BCUT2D eigenvalue weighted by Crippen LogP contribution is 2.19. The van der Waals surface area contributed by atoms with E-state index in [-0.39, 0.29) is 19.3 Å².